The van der Waals surface area contributed by atoms with Crippen LogP contribution in [0.2, 0.25) is 0 Å². The molecule has 9 nitrogen and oxygen atoms in total. The van der Waals surface area contributed by atoms with E-state index in [1.807, 2.05) is 11.6 Å². The first-order valence-electron chi connectivity index (χ1n) is 9.79. The van der Waals surface area contributed by atoms with Crippen LogP contribution in [0.1, 0.15) is 54.9 Å². The van der Waals surface area contributed by atoms with Gasteiger partial charge in [0, 0.05) is 25.0 Å². The van der Waals surface area contributed by atoms with E-state index >= 15 is 0 Å². The molecule has 0 atom stereocenters. The molecule has 0 bridgehead atoms. The lowest BCUT2D eigenvalue weighted by molar-refractivity contribution is 0.0535. The predicted molar refractivity (Wildman–Crippen MR) is 107 cm³/mol. The Morgan fingerprint density at radius 1 is 1.29 bits per heavy atom. The Kier molecular flexibility index (Phi) is 6.94. The van der Waals surface area contributed by atoms with Gasteiger partial charge in [-0.25, -0.2) is 10.5 Å². The number of rotatable bonds is 8. The van der Waals surface area contributed by atoms with E-state index in [0.29, 0.717) is 17.0 Å². The average Bonchev–Trinajstić information content (AvgIpc) is 2.72. The summed E-state index contributed by atoms with van der Waals surface area (Å²) >= 11 is 0. The Balaban J connectivity index is 2.03. The van der Waals surface area contributed by atoms with Crippen LogP contribution < -0.4 is 21.5 Å². The second-order valence-electron chi connectivity index (χ2n) is 7.02. The second-order valence-corrected chi connectivity index (χ2v) is 7.02. The molecule has 0 saturated heterocycles. The SMILES string of the molecule is CNCCCNc1ncc2c(=O)c(C(=O)NOC)cn(C3CCCCC3)c2n1. The summed E-state index contributed by atoms with van der Waals surface area (Å²) in [6.07, 6.45) is 9.51. The minimum absolute atomic E-state index is 0.0400. The maximum atomic E-state index is 12.9. The number of amides is 1. The molecule has 0 unspecified atom stereocenters. The van der Waals surface area contributed by atoms with Gasteiger partial charge in [0.25, 0.3) is 5.91 Å². The smallest absolute Gasteiger partial charge is 0.280 e. The third kappa shape index (κ3) is 4.48. The van der Waals surface area contributed by atoms with Gasteiger partial charge in [-0.2, -0.15) is 4.98 Å². The molecular weight excluding hydrogens is 360 g/mol. The highest BCUT2D eigenvalue weighted by Crippen LogP contribution is 2.30. The van der Waals surface area contributed by atoms with E-state index in [-0.39, 0.29) is 11.6 Å². The van der Waals surface area contributed by atoms with E-state index in [0.717, 1.165) is 45.2 Å². The molecule has 2 aromatic heterocycles. The Labute approximate surface area is 163 Å². The number of anilines is 1. The van der Waals surface area contributed by atoms with Gasteiger partial charge in [0.1, 0.15) is 11.2 Å². The van der Waals surface area contributed by atoms with Gasteiger partial charge in [-0.1, -0.05) is 19.3 Å². The van der Waals surface area contributed by atoms with Crippen LogP contribution in [0.3, 0.4) is 0 Å². The molecule has 28 heavy (non-hydrogen) atoms. The zero-order valence-corrected chi connectivity index (χ0v) is 16.5. The fourth-order valence-corrected chi connectivity index (χ4v) is 3.63. The van der Waals surface area contributed by atoms with Crippen LogP contribution in [-0.2, 0) is 4.84 Å². The third-order valence-electron chi connectivity index (χ3n) is 5.06. The van der Waals surface area contributed by atoms with Gasteiger partial charge in [0.15, 0.2) is 0 Å². The molecule has 152 valence electrons. The molecular formula is C19H28N6O3. The second kappa shape index (κ2) is 9.61. The first-order chi connectivity index (χ1) is 13.7. The highest BCUT2D eigenvalue weighted by atomic mass is 16.6. The Morgan fingerprint density at radius 3 is 2.79 bits per heavy atom. The zero-order chi connectivity index (χ0) is 19.9. The van der Waals surface area contributed by atoms with E-state index in [2.05, 4.69) is 26.1 Å². The standard InChI is InChI=1S/C19H28N6O3/c1-20-9-6-10-21-19-22-11-14-16(26)15(18(27)24-28-2)12-25(17(14)23-19)13-7-4-3-5-8-13/h11-13,20H,3-10H2,1-2H3,(H,24,27)(H,21,22,23). The maximum Gasteiger partial charge on any atom is 0.280 e. The van der Waals surface area contributed by atoms with Crippen LogP contribution in [0.15, 0.2) is 17.2 Å². The lowest BCUT2D eigenvalue weighted by Gasteiger charge is -2.26. The van der Waals surface area contributed by atoms with Crippen molar-refractivity contribution in [2.75, 3.05) is 32.6 Å². The van der Waals surface area contributed by atoms with Gasteiger partial charge in [0.2, 0.25) is 11.4 Å². The van der Waals surface area contributed by atoms with E-state index in [9.17, 15) is 9.59 Å². The van der Waals surface area contributed by atoms with Crippen LogP contribution in [0, 0.1) is 0 Å². The summed E-state index contributed by atoms with van der Waals surface area (Å²) in [5.74, 6) is -0.0742. The van der Waals surface area contributed by atoms with Crippen molar-refractivity contribution in [3.05, 3.63) is 28.2 Å². The van der Waals surface area contributed by atoms with Crippen LogP contribution >= 0.6 is 0 Å². The van der Waals surface area contributed by atoms with Crippen LogP contribution in [-0.4, -0.2) is 47.7 Å². The van der Waals surface area contributed by atoms with Gasteiger partial charge in [-0.3, -0.25) is 14.4 Å². The summed E-state index contributed by atoms with van der Waals surface area (Å²) in [5, 5.41) is 6.64. The number of carbonyl (C=O) groups is 1. The summed E-state index contributed by atoms with van der Waals surface area (Å²) in [6.45, 7) is 1.62. The average molecular weight is 388 g/mol. The first-order valence-corrected chi connectivity index (χ1v) is 9.79. The minimum atomic E-state index is -0.562. The van der Waals surface area contributed by atoms with Crippen molar-refractivity contribution in [1.82, 2.24) is 25.3 Å². The highest BCUT2D eigenvalue weighted by molar-refractivity contribution is 5.96. The Bertz CT molecular complexity index is 876. The molecule has 1 fully saturated rings. The first kappa shape index (κ1) is 20.2. The lowest BCUT2D eigenvalue weighted by Crippen LogP contribution is -2.30. The number of hydrogen-bond donors (Lipinski definition) is 3. The molecule has 1 aliphatic rings. The predicted octanol–water partition coefficient (Wildman–Crippen LogP) is 1.61. The molecule has 1 amide bonds. The lowest BCUT2D eigenvalue weighted by atomic mass is 9.95. The zero-order valence-electron chi connectivity index (χ0n) is 16.5. The summed E-state index contributed by atoms with van der Waals surface area (Å²) in [7, 11) is 3.25. The molecule has 0 aromatic carbocycles. The maximum absolute atomic E-state index is 12.9. The summed E-state index contributed by atoms with van der Waals surface area (Å²) in [5.41, 5.74) is 2.45. The summed E-state index contributed by atoms with van der Waals surface area (Å²) in [6, 6.07) is 0.206. The van der Waals surface area contributed by atoms with Gasteiger partial charge in [-0.15, -0.1) is 0 Å². The number of fused-ring (bicyclic) bond motifs is 1. The highest BCUT2D eigenvalue weighted by Gasteiger charge is 2.22. The van der Waals surface area contributed by atoms with Crippen molar-refractivity contribution >= 4 is 22.9 Å². The van der Waals surface area contributed by atoms with Crippen molar-refractivity contribution in [3.8, 4) is 0 Å². The van der Waals surface area contributed by atoms with Gasteiger partial charge >= 0.3 is 0 Å². The number of aromatic nitrogens is 3. The van der Waals surface area contributed by atoms with Crippen molar-refractivity contribution in [3.63, 3.8) is 0 Å². The number of hydrogen-bond acceptors (Lipinski definition) is 7. The summed E-state index contributed by atoms with van der Waals surface area (Å²) < 4.78 is 1.97. The Morgan fingerprint density at radius 2 is 2.07 bits per heavy atom. The monoisotopic (exact) mass is 388 g/mol. The summed E-state index contributed by atoms with van der Waals surface area (Å²) in [4.78, 5) is 38.7. The molecule has 0 radical (unpaired) electrons. The number of nitrogens with one attached hydrogen (secondary N) is 3. The largest absolute Gasteiger partial charge is 0.354 e. The number of nitrogens with zero attached hydrogens (tertiary/aromatic N) is 3. The molecule has 0 spiro atoms. The van der Waals surface area contributed by atoms with Crippen molar-refractivity contribution in [1.29, 1.82) is 0 Å². The van der Waals surface area contributed by atoms with E-state index < -0.39 is 11.3 Å². The van der Waals surface area contributed by atoms with Crippen molar-refractivity contribution < 1.29 is 9.63 Å². The number of pyridine rings is 1. The van der Waals surface area contributed by atoms with Gasteiger partial charge < -0.3 is 15.2 Å². The quantitative estimate of drug-likeness (QED) is 0.465. The van der Waals surface area contributed by atoms with Crippen LogP contribution in [0.4, 0.5) is 5.95 Å². The van der Waals surface area contributed by atoms with Crippen molar-refractivity contribution in [2.45, 2.75) is 44.6 Å². The molecule has 3 N–H and O–H groups in total. The van der Waals surface area contributed by atoms with Gasteiger partial charge in [-0.05, 0) is 32.9 Å². The topological polar surface area (TPSA) is 110 Å². The van der Waals surface area contributed by atoms with E-state index in [1.165, 1.54) is 19.7 Å². The fraction of sp³-hybridized carbons (Fsp3) is 0.579. The molecule has 3 rings (SSSR count). The fourth-order valence-electron chi connectivity index (χ4n) is 3.63. The molecule has 2 heterocycles. The number of carbonyl (C=O) groups excluding carboxylic acids is 1. The molecule has 0 aliphatic heterocycles. The minimum Gasteiger partial charge on any atom is -0.354 e. The third-order valence-corrected chi connectivity index (χ3v) is 5.06. The van der Waals surface area contributed by atoms with Crippen LogP contribution in [0.5, 0.6) is 0 Å². The van der Waals surface area contributed by atoms with Crippen LogP contribution in [0.25, 0.3) is 11.0 Å². The molecule has 2 aromatic rings. The van der Waals surface area contributed by atoms with E-state index in [1.54, 1.807) is 6.20 Å². The number of hydroxylamine groups is 1. The van der Waals surface area contributed by atoms with Crippen molar-refractivity contribution in [2.24, 2.45) is 0 Å². The molecule has 1 aliphatic carbocycles. The Hall–Kier alpha value is -2.52. The normalized spacial score (nSPS) is 14.9. The molecule has 9 heteroatoms. The molecule has 1 saturated carbocycles. The van der Waals surface area contributed by atoms with Gasteiger partial charge in [0.05, 0.1) is 12.5 Å². The van der Waals surface area contributed by atoms with E-state index in [4.69, 9.17) is 4.84 Å².